The number of nitrogens with zero attached hydrogens (tertiary/aromatic N) is 3. The van der Waals surface area contributed by atoms with Crippen LogP contribution in [0.4, 0.5) is 11.8 Å². The van der Waals surface area contributed by atoms with Gasteiger partial charge in [0.25, 0.3) is 5.91 Å². The van der Waals surface area contributed by atoms with Crippen LogP contribution < -0.4 is 21.1 Å². The van der Waals surface area contributed by atoms with Gasteiger partial charge in [-0.1, -0.05) is 12.1 Å². The third-order valence-electron chi connectivity index (χ3n) is 5.61. The van der Waals surface area contributed by atoms with Crippen LogP contribution in [-0.2, 0) is 17.7 Å². The molecule has 1 saturated heterocycles. The number of fused-ring (bicyclic) bond motifs is 1. The smallest absolute Gasteiger partial charge is 0.251 e. The monoisotopic (exact) mass is 432 g/mol. The number of carbonyl (C=O) groups excluding carboxylic acids is 1. The topological polar surface area (TPSA) is 124 Å². The molecular formula is C23H24N6O3. The van der Waals surface area contributed by atoms with E-state index in [-0.39, 0.29) is 18.0 Å². The van der Waals surface area contributed by atoms with Gasteiger partial charge in [-0.05, 0) is 30.2 Å². The standard InChI is InChI=1S/C23H24N6O3/c24-23-25-7-4-19(29-23)18-13-27-21(17-6-9-32-20(17)18)26-11-14-2-1-3-15(10-14)22(30)28-12-16-5-8-31-16/h1-4,7,10,13,16H,5-6,8-9,11-12H2,(H,26,27)(H,28,30)(H2,24,25,29). The van der Waals surface area contributed by atoms with E-state index in [1.807, 2.05) is 24.3 Å². The number of hydrogen-bond acceptors (Lipinski definition) is 8. The van der Waals surface area contributed by atoms with E-state index in [9.17, 15) is 4.79 Å². The maximum Gasteiger partial charge on any atom is 0.251 e. The minimum Gasteiger partial charge on any atom is -0.492 e. The molecule has 1 unspecified atom stereocenters. The van der Waals surface area contributed by atoms with Crippen molar-refractivity contribution in [3.05, 3.63) is 59.4 Å². The lowest BCUT2D eigenvalue weighted by Gasteiger charge is -2.26. The maximum atomic E-state index is 12.4. The minimum atomic E-state index is -0.0942. The Labute approximate surface area is 185 Å². The fourth-order valence-corrected chi connectivity index (χ4v) is 3.81. The fraction of sp³-hybridized carbons (Fsp3) is 0.304. The second kappa shape index (κ2) is 8.80. The minimum absolute atomic E-state index is 0.0942. The molecule has 0 saturated carbocycles. The summed E-state index contributed by atoms with van der Waals surface area (Å²) in [6.45, 7) is 2.44. The van der Waals surface area contributed by atoms with Crippen molar-refractivity contribution in [1.82, 2.24) is 20.3 Å². The summed E-state index contributed by atoms with van der Waals surface area (Å²) in [7, 11) is 0. The third kappa shape index (κ3) is 4.19. The number of nitrogens with two attached hydrogens (primary N) is 1. The number of rotatable bonds is 7. The zero-order valence-electron chi connectivity index (χ0n) is 17.5. The van der Waals surface area contributed by atoms with Gasteiger partial charge < -0.3 is 25.8 Å². The van der Waals surface area contributed by atoms with Crippen molar-refractivity contribution in [2.45, 2.75) is 25.5 Å². The van der Waals surface area contributed by atoms with Crippen molar-refractivity contribution in [3.63, 3.8) is 0 Å². The van der Waals surface area contributed by atoms with Gasteiger partial charge in [-0.25, -0.2) is 15.0 Å². The molecule has 2 aliphatic heterocycles. The summed E-state index contributed by atoms with van der Waals surface area (Å²) in [5.41, 5.74) is 9.83. The summed E-state index contributed by atoms with van der Waals surface area (Å²) in [6, 6.07) is 9.35. The van der Waals surface area contributed by atoms with Gasteiger partial charge in [-0.3, -0.25) is 4.79 Å². The van der Waals surface area contributed by atoms with Crippen molar-refractivity contribution in [2.24, 2.45) is 0 Å². The van der Waals surface area contributed by atoms with Crippen LogP contribution in [0.1, 0.15) is 27.9 Å². The normalized spacial score (nSPS) is 16.6. The Balaban J connectivity index is 1.29. The van der Waals surface area contributed by atoms with Crippen LogP contribution in [0.5, 0.6) is 5.75 Å². The van der Waals surface area contributed by atoms with Gasteiger partial charge in [0.2, 0.25) is 5.95 Å². The summed E-state index contributed by atoms with van der Waals surface area (Å²) >= 11 is 0. The molecule has 32 heavy (non-hydrogen) atoms. The predicted octanol–water partition coefficient (Wildman–Crippen LogP) is 2.19. The Kier molecular flexibility index (Phi) is 5.55. The van der Waals surface area contributed by atoms with Gasteiger partial charge in [0.15, 0.2) is 0 Å². The zero-order chi connectivity index (χ0) is 21.9. The molecule has 4 N–H and O–H groups in total. The predicted molar refractivity (Wildman–Crippen MR) is 119 cm³/mol. The van der Waals surface area contributed by atoms with Crippen molar-refractivity contribution in [3.8, 4) is 17.0 Å². The molecule has 1 fully saturated rings. The number of aromatic nitrogens is 3. The fourth-order valence-electron chi connectivity index (χ4n) is 3.81. The first-order chi connectivity index (χ1) is 15.7. The largest absolute Gasteiger partial charge is 0.492 e. The highest BCUT2D eigenvalue weighted by molar-refractivity contribution is 5.94. The molecule has 9 nitrogen and oxygen atoms in total. The van der Waals surface area contributed by atoms with Crippen LogP contribution in [0.2, 0.25) is 0 Å². The Morgan fingerprint density at radius 1 is 1.22 bits per heavy atom. The van der Waals surface area contributed by atoms with E-state index in [0.29, 0.717) is 31.0 Å². The van der Waals surface area contributed by atoms with Crippen LogP contribution in [0.15, 0.2) is 42.7 Å². The first kappa shape index (κ1) is 20.2. The molecule has 1 aromatic carbocycles. The molecule has 4 heterocycles. The summed E-state index contributed by atoms with van der Waals surface area (Å²) in [4.78, 5) is 25.3. The van der Waals surface area contributed by atoms with E-state index in [2.05, 4.69) is 25.6 Å². The molecular weight excluding hydrogens is 408 g/mol. The van der Waals surface area contributed by atoms with E-state index >= 15 is 0 Å². The zero-order valence-corrected chi connectivity index (χ0v) is 17.5. The molecule has 1 amide bonds. The highest BCUT2D eigenvalue weighted by atomic mass is 16.5. The molecule has 0 aliphatic carbocycles. The van der Waals surface area contributed by atoms with Gasteiger partial charge in [0.05, 0.1) is 24.0 Å². The summed E-state index contributed by atoms with van der Waals surface area (Å²) in [5.74, 6) is 1.65. The maximum absolute atomic E-state index is 12.4. The Morgan fingerprint density at radius 3 is 2.94 bits per heavy atom. The second-order valence-corrected chi connectivity index (χ2v) is 7.77. The number of carbonyl (C=O) groups is 1. The number of hydrogen-bond donors (Lipinski definition) is 3. The van der Waals surface area contributed by atoms with E-state index in [4.69, 9.17) is 15.2 Å². The van der Waals surface area contributed by atoms with Gasteiger partial charge in [0.1, 0.15) is 11.6 Å². The highest BCUT2D eigenvalue weighted by Crippen LogP contribution is 2.39. The van der Waals surface area contributed by atoms with Gasteiger partial charge >= 0.3 is 0 Å². The van der Waals surface area contributed by atoms with Crippen LogP contribution in [0.3, 0.4) is 0 Å². The van der Waals surface area contributed by atoms with E-state index in [1.54, 1.807) is 18.5 Å². The SMILES string of the molecule is Nc1nccc(-c2cnc(NCc3cccc(C(=O)NCC4CCO4)c3)c3c2OCC3)n1. The molecule has 0 bridgehead atoms. The second-order valence-electron chi connectivity index (χ2n) is 7.77. The Morgan fingerprint density at radius 2 is 2.12 bits per heavy atom. The molecule has 5 rings (SSSR count). The molecule has 2 aromatic heterocycles. The van der Waals surface area contributed by atoms with Crippen molar-refractivity contribution < 1.29 is 14.3 Å². The van der Waals surface area contributed by atoms with Crippen molar-refractivity contribution >= 4 is 17.7 Å². The van der Waals surface area contributed by atoms with Gasteiger partial charge in [0, 0.05) is 49.6 Å². The van der Waals surface area contributed by atoms with Crippen LogP contribution in [0.25, 0.3) is 11.3 Å². The Bertz CT molecular complexity index is 1150. The number of anilines is 2. The molecule has 164 valence electrons. The lowest BCUT2D eigenvalue weighted by Crippen LogP contribution is -2.39. The van der Waals surface area contributed by atoms with E-state index in [1.165, 1.54) is 0 Å². The molecule has 0 spiro atoms. The molecule has 2 aliphatic rings. The molecule has 0 radical (unpaired) electrons. The number of nitrogen functional groups attached to an aromatic ring is 1. The average molecular weight is 432 g/mol. The number of benzene rings is 1. The number of amides is 1. The van der Waals surface area contributed by atoms with E-state index < -0.39 is 0 Å². The lowest BCUT2D eigenvalue weighted by molar-refractivity contribution is -0.0472. The lowest BCUT2D eigenvalue weighted by atomic mass is 10.1. The molecule has 3 aromatic rings. The first-order valence-corrected chi connectivity index (χ1v) is 10.6. The average Bonchev–Trinajstić information content (AvgIpc) is 3.27. The highest BCUT2D eigenvalue weighted by Gasteiger charge is 2.23. The van der Waals surface area contributed by atoms with Gasteiger partial charge in [-0.15, -0.1) is 0 Å². The van der Waals surface area contributed by atoms with Gasteiger partial charge in [-0.2, -0.15) is 0 Å². The van der Waals surface area contributed by atoms with Crippen molar-refractivity contribution in [2.75, 3.05) is 30.8 Å². The van der Waals surface area contributed by atoms with E-state index in [0.717, 1.165) is 47.7 Å². The number of ether oxygens (including phenoxy) is 2. The van der Waals surface area contributed by atoms with Crippen LogP contribution in [-0.4, -0.2) is 46.7 Å². The first-order valence-electron chi connectivity index (χ1n) is 10.6. The molecule has 9 heteroatoms. The quantitative estimate of drug-likeness (QED) is 0.519. The Hall–Kier alpha value is -3.72. The molecule has 1 atom stereocenters. The summed E-state index contributed by atoms with van der Waals surface area (Å²) in [5, 5.41) is 6.31. The third-order valence-corrected chi connectivity index (χ3v) is 5.61. The summed E-state index contributed by atoms with van der Waals surface area (Å²) < 4.78 is 11.2. The number of nitrogens with one attached hydrogen (secondary N) is 2. The van der Waals surface area contributed by atoms with Crippen molar-refractivity contribution in [1.29, 1.82) is 0 Å². The summed E-state index contributed by atoms with van der Waals surface area (Å²) in [6.07, 6.45) is 5.24. The van der Waals surface area contributed by atoms with Crippen LogP contribution >= 0.6 is 0 Å². The van der Waals surface area contributed by atoms with Crippen LogP contribution in [0, 0.1) is 0 Å². The number of pyridine rings is 1.